The van der Waals surface area contributed by atoms with Gasteiger partial charge in [0, 0.05) is 18.3 Å². The molecule has 0 aromatic heterocycles. The number of rotatable bonds is 11. The summed E-state index contributed by atoms with van der Waals surface area (Å²) in [6, 6.07) is 4.42. The normalized spacial score (nSPS) is 20.1. The number of hydrogen-bond acceptors (Lipinski definition) is 4. The highest BCUT2D eigenvalue weighted by atomic mass is 19.4. The zero-order valence-electron chi connectivity index (χ0n) is 16.8. The zero-order chi connectivity index (χ0) is 22.9. The summed E-state index contributed by atoms with van der Waals surface area (Å²) in [5.74, 6) is -1.38. The van der Waals surface area contributed by atoms with E-state index in [1.807, 2.05) is 12.2 Å². The number of aliphatic hydroxyl groups is 1. The first-order valence-electron chi connectivity index (χ1n) is 9.92. The minimum Gasteiger partial charge on any atom is -0.491 e. The fraction of sp³-hybridized carbons (Fsp3) is 0.391. The van der Waals surface area contributed by atoms with Crippen LogP contribution < -0.4 is 4.74 Å². The van der Waals surface area contributed by atoms with Crippen molar-refractivity contribution in [2.75, 3.05) is 6.61 Å². The monoisotopic (exact) mass is 438 g/mol. The number of unbranched alkanes of at least 4 members (excludes halogenated alkanes) is 1. The molecule has 0 fully saturated rings. The molecule has 1 aromatic rings. The minimum absolute atomic E-state index is 0.00382. The summed E-state index contributed by atoms with van der Waals surface area (Å²) in [6.45, 7) is -0.226. The van der Waals surface area contributed by atoms with Gasteiger partial charge in [0.1, 0.15) is 18.5 Å². The van der Waals surface area contributed by atoms with E-state index in [0.717, 1.165) is 12.1 Å². The van der Waals surface area contributed by atoms with E-state index in [2.05, 4.69) is 0 Å². The summed E-state index contributed by atoms with van der Waals surface area (Å²) in [5.41, 5.74) is -0.830. The van der Waals surface area contributed by atoms with Gasteiger partial charge in [0.15, 0.2) is 5.78 Å². The topological polar surface area (TPSA) is 83.8 Å². The number of ketones is 1. The Morgan fingerprint density at radius 1 is 1.26 bits per heavy atom. The molecule has 8 heteroatoms. The zero-order valence-corrected chi connectivity index (χ0v) is 16.8. The van der Waals surface area contributed by atoms with Gasteiger partial charge < -0.3 is 14.9 Å². The lowest BCUT2D eigenvalue weighted by Crippen LogP contribution is -2.17. The molecule has 0 aliphatic heterocycles. The number of aliphatic carboxylic acids is 1. The van der Waals surface area contributed by atoms with Crippen LogP contribution in [0.15, 0.2) is 60.7 Å². The number of halogens is 3. The third-order valence-corrected chi connectivity index (χ3v) is 4.77. The van der Waals surface area contributed by atoms with Gasteiger partial charge in [-0.2, -0.15) is 13.2 Å². The van der Waals surface area contributed by atoms with Crippen molar-refractivity contribution in [2.45, 2.75) is 38.0 Å². The number of benzene rings is 1. The maximum Gasteiger partial charge on any atom is 0.416 e. The highest BCUT2D eigenvalue weighted by Crippen LogP contribution is 2.31. The molecule has 0 bridgehead atoms. The van der Waals surface area contributed by atoms with Crippen LogP contribution >= 0.6 is 0 Å². The Labute approximate surface area is 178 Å². The smallest absolute Gasteiger partial charge is 0.416 e. The van der Waals surface area contributed by atoms with Crippen LogP contribution in [0.25, 0.3) is 0 Å². The Morgan fingerprint density at radius 3 is 2.74 bits per heavy atom. The second-order valence-electron chi connectivity index (χ2n) is 7.23. The van der Waals surface area contributed by atoms with Crippen molar-refractivity contribution in [3.63, 3.8) is 0 Å². The van der Waals surface area contributed by atoms with E-state index in [-0.39, 0.29) is 36.4 Å². The van der Waals surface area contributed by atoms with Crippen LogP contribution in [-0.4, -0.2) is 34.7 Å². The molecule has 3 atom stereocenters. The van der Waals surface area contributed by atoms with Crippen molar-refractivity contribution in [1.82, 2.24) is 0 Å². The molecule has 0 saturated heterocycles. The number of carbonyl (C=O) groups excluding carboxylic acids is 1. The highest BCUT2D eigenvalue weighted by molar-refractivity contribution is 5.95. The van der Waals surface area contributed by atoms with E-state index in [0.29, 0.717) is 19.3 Å². The van der Waals surface area contributed by atoms with Gasteiger partial charge in [0.2, 0.25) is 0 Å². The predicted octanol–water partition coefficient (Wildman–Crippen LogP) is 4.57. The molecule has 0 heterocycles. The number of aliphatic hydroxyl groups excluding tert-OH is 1. The Balaban J connectivity index is 1.82. The van der Waals surface area contributed by atoms with Gasteiger partial charge in [-0.3, -0.25) is 9.59 Å². The first kappa shape index (κ1) is 24.4. The lowest BCUT2D eigenvalue weighted by molar-refractivity contribution is -0.138. The molecule has 2 rings (SSSR count). The van der Waals surface area contributed by atoms with Crippen LogP contribution in [0.3, 0.4) is 0 Å². The molecule has 1 aromatic carbocycles. The van der Waals surface area contributed by atoms with Crippen LogP contribution in [0.4, 0.5) is 13.2 Å². The quantitative estimate of drug-likeness (QED) is 0.391. The molecule has 31 heavy (non-hydrogen) atoms. The SMILES string of the molecule is O=C(O)CCCC=CC[C@H]1C(=O)C=C[C@@H]1C=CC(O)COc1cccc(C(F)(F)F)c1. The third-order valence-electron chi connectivity index (χ3n) is 4.77. The van der Waals surface area contributed by atoms with Gasteiger partial charge in [0.25, 0.3) is 0 Å². The molecule has 0 amide bonds. The van der Waals surface area contributed by atoms with Crippen LogP contribution in [0.1, 0.15) is 31.2 Å². The fourth-order valence-corrected chi connectivity index (χ4v) is 3.11. The minimum atomic E-state index is -4.47. The van der Waals surface area contributed by atoms with Crippen LogP contribution in [0.5, 0.6) is 5.75 Å². The van der Waals surface area contributed by atoms with Gasteiger partial charge in [-0.05, 0) is 43.5 Å². The average Bonchev–Trinajstić information content (AvgIpc) is 3.06. The molecule has 0 radical (unpaired) electrons. The summed E-state index contributed by atoms with van der Waals surface area (Å²) in [6.07, 6.45) is 6.30. The number of ether oxygens (including phenoxy) is 1. The summed E-state index contributed by atoms with van der Waals surface area (Å²) < 4.78 is 43.4. The lowest BCUT2D eigenvalue weighted by Gasteiger charge is -2.14. The summed E-state index contributed by atoms with van der Waals surface area (Å²) in [4.78, 5) is 22.5. The molecule has 1 aliphatic carbocycles. The molecule has 0 spiro atoms. The number of carbonyl (C=O) groups is 2. The second kappa shape index (κ2) is 11.5. The van der Waals surface area contributed by atoms with Crippen molar-refractivity contribution in [3.05, 3.63) is 66.3 Å². The summed E-state index contributed by atoms with van der Waals surface area (Å²) in [5, 5.41) is 18.7. The maximum atomic E-state index is 12.7. The van der Waals surface area contributed by atoms with Crippen molar-refractivity contribution in [3.8, 4) is 5.75 Å². The highest BCUT2D eigenvalue weighted by Gasteiger charge is 2.30. The van der Waals surface area contributed by atoms with E-state index in [1.165, 1.54) is 24.3 Å². The molecular formula is C23H25F3O5. The number of alkyl halides is 3. The molecule has 1 aliphatic rings. The first-order chi connectivity index (χ1) is 14.7. The Kier molecular flexibility index (Phi) is 9.05. The maximum absolute atomic E-state index is 12.7. The Bertz CT molecular complexity index is 842. The molecule has 168 valence electrons. The van der Waals surface area contributed by atoms with Crippen molar-refractivity contribution in [1.29, 1.82) is 0 Å². The Morgan fingerprint density at radius 2 is 2.03 bits per heavy atom. The molecule has 5 nitrogen and oxygen atoms in total. The van der Waals surface area contributed by atoms with E-state index < -0.39 is 23.8 Å². The van der Waals surface area contributed by atoms with Crippen LogP contribution in [0, 0.1) is 11.8 Å². The Hall–Kier alpha value is -2.87. The standard InChI is InChI=1S/C23H25F3O5/c24-23(25,26)17-6-5-7-19(14-17)31-15-18(27)12-10-16-11-13-21(28)20(16)8-3-1-2-4-9-22(29)30/h1,3,5-7,10-14,16,18,20,27H,2,4,8-9,15H2,(H,29,30)/t16-,18?,20+/m0/s1. The second-order valence-corrected chi connectivity index (χ2v) is 7.23. The van der Waals surface area contributed by atoms with Gasteiger partial charge in [0.05, 0.1) is 5.56 Å². The lowest BCUT2D eigenvalue weighted by atomic mass is 9.90. The third kappa shape index (κ3) is 8.41. The van der Waals surface area contributed by atoms with Gasteiger partial charge in [-0.15, -0.1) is 0 Å². The van der Waals surface area contributed by atoms with E-state index >= 15 is 0 Å². The molecule has 2 N–H and O–H groups in total. The average molecular weight is 438 g/mol. The number of carboxylic acids is 1. The molecule has 0 saturated carbocycles. The number of allylic oxidation sites excluding steroid dienone is 5. The predicted molar refractivity (Wildman–Crippen MR) is 108 cm³/mol. The van der Waals surface area contributed by atoms with E-state index in [1.54, 1.807) is 12.2 Å². The number of hydrogen-bond donors (Lipinski definition) is 2. The largest absolute Gasteiger partial charge is 0.491 e. The van der Waals surface area contributed by atoms with Gasteiger partial charge in [-0.1, -0.05) is 36.4 Å². The molecular weight excluding hydrogens is 413 g/mol. The summed E-state index contributed by atoms with van der Waals surface area (Å²) in [7, 11) is 0. The number of carboxylic acid groups (broad SMARTS) is 1. The van der Waals surface area contributed by atoms with Gasteiger partial charge in [-0.25, -0.2) is 0 Å². The fourth-order valence-electron chi connectivity index (χ4n) is 3.11. The first-order valence-corrected chi connectivity index (χ1v) is 9.92. The van der Waals surface area contributed by atoms with Crippen LogP contribution in [-0.2, 0) is 15.8 Å². The van der Waals surface area contributed by atoms with Crippen molar-refractivity contribution >= 4 is 11.8 Å². The van der Waals surface area contributed by atoms with Crippen LogP contribution in [0.2, 0.25) is 0 Å². The molecule has 1 unspecified atom stereocenters. The van der Waals surface area contributed by atoms with E-state index in [4.69, 9.17) is 9.84 Å². The van der Waals surface area contributed by atoms with E-state index in [9.17, 15) is 27.9 Å². The van der Waals surface area contributed by atoms with Gasteiger partial charge >= 0.3 is 12.1 Å². The van der Waals surface area contributed by atoms with Crippen molar-refractivity contribution in [2.24, 2.45) is 11.8 Å². The summed E-state index contributed by atoms with van der Waals surface area (Å²) >= 11 is 0. The van der Waals surface area contributed by atoms with Crippen molar-refractivity contribution < 1.29 is 37.7 Å².